The second-order valence-electron chi connectivity index (χ2n) is 3.31. The Morgan fingerprint density at radius 2 is 2.21 bits per heavy atom. The molecule has 1 aromatic carbocycles. The van der Waals surface area contributed by atoms with E-state index in [-0.39, 0.29) is 0 Å². The predicted octanol–water partition coefficient (Wildman–Crippen LogP) is 3.04. The van der Waals surface area contributed by atoms with Gasteiger partial charge in [0.05, 0.1) is 5.39 Å². The lowest BCUT2D eigenvalue weighted by molar-refractivity contribution is 0.440. The molecule has 0 aliphatic carbocycles. The monoisotopic (exact) mass is 190 g/mol. The number of unbranched alkanes of at least 4 members (excludes halogenated alkanes) is 1. The van der Waals surface area contributed by atoms with Crippen molar-refractivity contribution in [3.63, 3.8) is 0 Å². The van der Waals surface area contributed by atoms with E-state index in [1.54, 1.807) is 0 Å². The van der Waals surface area contributed by atoms with E-state index < -0.39 is 0 Å². The molecule has 0 fully saturated rings. The van der Waals surface area contributed by atoms with Crippen molar-refractivity contribution in [2.45, 2.75) is 19.8 Å². The summed E-state index contributed by atoms with van der Waals surface area (Å²) in [5, 5.41) is 8.26. The predicted molar refractivity (Wildman–Crippen MR) is 57.4 cm³/mol. The largest absolute Gasteiger partial charge is 0.353 e. The molecule has 74 valence electrons. The van der Waals surface area contributed by atoms with E-state index in [1.807, 2.05) is 24.3 Å². The van der Waals surface area contributed by atoms with E-state index in [9.17, 15) is 0 Å². The number of anilines is 1. The summed E-state index contributed by atoms with van der Waals surface area (Å²) in [7, 11) is 0. The molecule has 0 bridgehead atoms. The van der Waals surface area contributed by atoms with E-state index in [1.165, 1.54) is 6.42 Å². The molecule has 0 saturated heterocycles. The molecule has 2 rings (SSSR count). The molecule has 0 unspecified atom stereocenters. The number of fused-ring (bicyclic) bond motifs is 1. The highest BCUT2D eigenvalue weighted by Crippen LogP contribution is 2.22. The quantitative estimate of drug-likeness (QED) is 0.753. The van der Waals surface area contributed by atoms with E-state index in [0.29, 0.717) is 0 Å². The Balaban J connectivity index is 2.17. The van der Waals surface area contributed by atoms with E-state index >= 15 is 0 Å². The number of hydrogen-bond donors (Lipinski definition) is 1. The summed E-state index contributed by atoms with van der Waals surface area (Å²) in [5.41, 5.74) is 0.909. The summed E-state index contributed by atoms with van der Waals surface area (Å²) in [6, 6.07) is 7.91. The minimum Gasteiger partial charge on any atom is -0.353 e. The van der Waals surface area contributed by atoms with Crippen LogP contribution in [0.5, 0.6) is 0 Å². The normalized spacial score (nSPS) is 10.6. The second kappa shape index (κ2) is 4.13. The molecule has 0 spiro atoms. The van der Waals surface area contributed by atoms with Gasteiger partial charge in [-0.1, -0.05) is 30.6 Å². The fourth-order valence-corrected chi connectivity index (χ4v) is 1.40. The van der Waals surface area contributed by atoms with Crippen molar-refractivity contribution < 1.29 is 4.52 Å². The first kappa shape index (κ1) is 9.06. The Morgan fingerprint density at radius 3 is 3.07 bits per heavy atom. The van der Waals surface area contributed by atoms with E-state index in [2.05, 4.69) is 17.4 Å². The highest BCUT2D eigenvalue weighted by atomic mass is 16.5. The van der Waals surface area contributed by atoms with Crippen LogP contribution in [0.4, 0.5) is 5.88 Å². The fourth-order valence-electron chi connectivity index (χ4n) is 1.40. The zero-order valence-electron chi connectivity index (χ0n) is 8.29. The molecule has 0 aliphatic rings. The Bertz CT molecular complexity index is 408. The number of nitrogens with one attached hydrogen (secondary N) is 1. The van der Waals surface area contributed by atoms with Crippen LogP contribution >= 0.6 is 0 Å². The second-order valence-corrected chi connectivity index (χ2v) is 3.31. The third-order valence-electron chi connectivity index (χ3n) is 2.20. The van der Waals surface area contributed by atoms with Crippen LogP contribution < -0.4 is 5.32 Å². The standard InChI is InChI=1S/C11H14N2O/c1-2-3-8-12-11-9-6-4-5-7-10(9)13-14-11/h4-7,12H,2-3,8H2,1H3. The Hall–Kier alpha value is -1.51. The van der Waals surface area contributed by atoms with Crippen molar-refractivity contribution >= 4 is 16.8 Å². The van der Waals surface area contributed by atoms with Gasteiger partial charge in [0.15, 0.2) is 0 Å². The fraction of sp³-hybridized carbons (Fsp3) is 0.364. The van der Waals surface area contributed by atoms with Gasteiger partial charge in [-0.2, -0.15) is 0 Å². The lowest BCUT2D eigenvalue weighted by atomic mass is 10.2. The van der Waals surface area contributed by atoms with Gasteiger partial charge in [0.1, 0.15) is 5.52 Å². The highest BCUT2D eigenvalue weighted by Gasteiger charge is 2.05. The third kappa shape index (κ3) is 1.71. The van der Waals surface area contributed by atoms with Gasteiger partial charge >= 0.3 is 0 Å². The summed E-state index contributed by atoms with van der Waals surface area (Å²) >= 11 is 0. The van der Waals surface area contributed by atoms with Crippen molar-refractivity contribution in [2.24, 2.45) is 0 Å². The molecule has 14 heavy (non-hydrogen) atoms. The van der Waals surface area contributed by atoms with Crippen LogP contribution in [0.2, 0.25) is 0 Å². The molecule has 0 atom stereocenters. The number of aromatic nitrogens is 1. The lowest BCUT2D eigenvalue weighted by Crippen LogP contribution is -1.99. The van der Waals surface area contributed by atoms with Crippen LogP contribution in [0.15, 0.2) is 28.8 Å². The van der Waals surface area contributed by atoms with E-state index in [0.717, 1.165) is 29.8 Å². The minimum atomic E-state index is 0.786. The lowest BCUT2D eigenvalue weighted by Gasteiger charge is -1.99. The van der Waals surface area contributed by atoms with Gasteiger partial charge in [-0.25, -0.2) is 0 Å². The average Bonchev–Trinajstić information content (AvgIpc) is 2.63. The highest BCUT2D eigenvalue weighted by molar-refractivity contribution is 5.88. The summed E-state index contributed by atoms with van der Waals surface area (Å²) in [6.07, 6.45) is 2.33. The van der Waals surface area contributed by atoms with Crippen molar-refractivity contribution in [3.05, 3.63) is 24.3 Å². The maximum absolute atomic E-state index is 5.20. The topological polar surface area (TPSA) is 38.1 Å². The first-order valence-corrected chi connectivity index (χ1v) is 5.00. The maximum Gasteiger partial charge on any atom is 0.232 e. The number of hydrogen-bond acceptors (Lipinski definition) is 3. The van der Waals surface area contributed by atoms with Gasteiger partial charge in [0, 0.05) is 6.54 Å². The molecule has 2 aromatic rings. The average molecular weight is 190 g/mol. The van der Waals surface area contributed by atoms with Crippen molar-refractivity contribution in [1.82, 2.24) is 5.16 Å². The summed E-state index contributed by atoms with van der Waals surface area (Å²) in [5.74, 6) is 0.786. The molecular weight excluding hydrogens is 176 g/mol. The molecule has 0 aliphatic heterocycles. The van der Waals surface area contributed by atoms with Crippen molar-refractivity contribution in [2.75, 3.05) is 11.9 Å². The summed E-state index contributed by atoms with van der Waals surface area (Å²) in [4.78, 5) is 0. The van der Waals surface area contributed by atoms with E-state index in [4.69, 9.17) is 4.52 Å². The molecule has 0 amide bonds. The van der Waals surface area contributed by atoms with Crippen LogP contribution in [-0.4, -0.2) is 11.7 Å². The van der Waals surface area contributed by atoms with Crippen LogP contribution in [0.25, 0.3) is 10.9 Å². The summed E-state index contributed by atoms with van der Waals surface area (Å²) < 4.78 is 5.20. The molecule has 1 N–H and O–H groups in total. The first-order chi connectivity index (χ1) is 6.92. The number of benzene rings is 1. The van der Waals surface area contributed by atoms with Crippen molar-refractivity contribution in [3.8, 4) is 0 Å². The van der Waals surface area contributed by atoms with Gasteiger partial charge in [0.25, 0.3) is 0 Å². The van der Waals surface area contributed by atoms with Crippen LogP contribution in [0.3, 0.4) is 0 Å². The van der Waals surface area contributed by atoms with Crippen LogP contribution in [-0.2, 0) is 0 Å². The zero-order chi connectivity index (χ0) is 9.80. The van der Waals surface area contributed by atoms with Gasteiger partial charge in [0.2, 0.25) is 5.88 Å². The third-order valence-corrected chi connectivity index (χ3v) is 2.20. The Morgan fingerprint density at radius 1 is 1.36 bits per heavy atom. The first-order valence-electron chi connectivity index (χ1n) is 5.00. The molecule has 1 heterocycles. The molecule has 0 radical (unpaired) electrons. The Labute approximate surface area is 83.1 Å². The van der Waals surface area contributed by atoms with Gasteiger partial charge < -0.3 is 9.84 Å². The molecule has 0 saturated carbocycles. The Kier molecular flexibility index (Phi) is 2.68. The number of rotatable bonds is 4. The smallest absolute Gasteiger partial charge is 0.232 e. The minimum absolute atomic E-state index is 0.786. The number of nitrogens with zero attached hydrogens (tertiary/aromatic N) is 1. The molecule has 3 heteroatoms. The van der Waals surface area contributed by atoms with Crippen LogP contribution in [0.1, 0.15) is 19.8 Å². The van der Waals surface area contributed by atoms with Gasteiger partial charge in [-0.3, -0.25) is 0 Å². The molecule has 3 nitrogen and oxygen atoms in total. The maximum atomic E-state index is 5.20. The SMILES string of the molecule is CCCCNc1onc2ccccc12. The van der Waals surface area contributed by atoms with Gasteiger partial charge in [-0.15, -0.1) is 0 Å². The van der Waals surface area contributed by atoms with Crippen molar-refractivity contribution in [1.29, 1.82) is 0 Å². The van der Waals surface area contributed by atoms with Crippen LogP contribution in [0, 0.1) is 0 Å². The summed E-state index contributed by atoms with van der Waals surface area (Å²) in [6.45, 7) is 3.11. The zero-order valence-corrected chi connectivity index (χ0v) is 8.29. The molecular formula is C11H14N2O. The van der Waals surface area contributed by atoms with Gasteiger partial charge in [-0.05, 0) is 18.6 Å². The molecule has 1 aromatic heterocycles.